The Morgan fingerprint density at radius 1 is 0.721 bits per heavy atom. The number of ether oxygens (including phenoxy) is 2. The minimum Gasteiger partial charge on any atom is -0.462 e. The number of hydrogen-bond donors (Lipinski definition) is 0. The lowest BCUT2D eigenvalue weighted by Gasteiger charge is -2.37. The van der Waals surface area contributed by atoms with Gasteiger partial charge in [-0.25, -0.2) is 9.59 Å². The maximum Gasteiger partial charge on any atom is 0.342 e. The Bertz CT molecular complexity index is 1120. The Morgan fingerprint density at radius 3 is 1.58 bits per heavy atom. The zero-order chi connectivity index (χ0) is 31.2. The first-order chi connectivity index (χ1) is 20.7. The van der Waals surface area contributed by atoms with Gasteiger partial charge in [0.25, 0.3) is 0 Å². The van der Waals surface area contributed by atoms with Gasteiger partial charge in [0, 0.05) is 12.2 Å². The summed E-state index contributed by atoms with van der Waals surface area (Å²) in [5.74, 6) is 0.119. The van der Waals surface area contributed by atoms with Gasteiger partial charge in [0.1, 0.15) is 11.1 Å². The third-order valence-corrected chi connectivity index (χ3v) is 8.75. The third kappa shape index (κ3) is 10.8. The highest BCUT2D eigenvalue weighted by molar-refractivity contribution is 6.29. The van der Waals surface area contributed by atoms with Crippen molar-refractivity contribution in [2.75, 3.05) is 13.2 Å². The smallest absolute Gasteiger partial charge is 0.342 e. The van der Waals surface area contributed by atoms with E-state index in [-0.39, 0.29) is 24.4 Å². The molecule has 8 heteroatoms. The molecule has 0 spiro atoms. The van der Waals surface area contributed by atoms with Crippen molar-refractivity contribution in [3.05, 3.63) is 60.3 Å². The molecule has 0 N–H and O–H groups in total. The van der Waals surface area contributed by atoms with Crippen LogP contribution in [0.5, 0.6) is 0 Å². The molecule has 2 saturated carbocycles. The summed E-state index contributed by atoms with van der Waals surface area (Å²) < 4.78 is 9.76. The van der Waals surface area contributed by atoms with Gasteiger partial charge in [-0.05, 0) is 99.3 Å². The van der Waals surface area contributed by atoms with Crippen LogP contribution in [-0.4, -0.2) is 48.3 Å². The molecule has 0 saturated heterocycles. The fourth-order valence-corrected chi connectivity index (χ4v) is 6.24. The van der Waals surface area contributed by atoms with Crippen LogP contribution in [0.1, 0.15) is 84.0 Å². The quantitative estimate of drug-likeness (QED) is 0.0984. The first-order valence-electron chi connectivity index (χ1n) is 15.6. The van der Waals surface area contributed by atoms with Gasteiger partial charge in [-0.1, -0.05) is 38.7 Å². The first-order valence-corrected chi connectivity index (χ1v) is 15.6. The van der Waals surface area contributed by atoms with Gasteiger partial charge in [-0.15, -0.1) is 6.58 Å². The van der Waals surface area contributed by atoms with Crippen molar-refractivity contribution in [3.8, 4) is 0 Å². The summed E-state index contributed by atoms with van der Waals surface area (Å²) in [6.45, 7) is 6.21. The van der Waals surface area contributed by atoms with Crippen LogP contribution in [0.2, 0.25) is 0 Å². The Labute approximate surface area is 254 Å². The molecule has 0 unspecified atom stereocenters. The Morgan fingerprint density at radius 2 is 1.16 bits per heavy atom. The maximum atomic E-state index is 11.7. The van der Waals surface area contributed by atoms with E-state index in [1.165, 1.54) is 64.2 Å². The average molecular weight is 593 g/mol. The highest BCUT2D eigenvalue weighted by Gasteiger charge is 2.30. The van der Waals surface area contributed by atoms with Crippen molar-refractivity contribution in [2.24, 2.45) is 23.7 Å². The third-order valence-electron chi connectivity index (χ3n) is 8.75. The average Bonchev–Trinajstić information content (AvgIpc) is 3.02. The van der Waals surface area contributed by atoms with Gasteiger partial charge >= 0.3 is 11.9 Å². The minimum atomic E-state index is -0.895. The highest BCUT2D eigenvalue weighted by Crippen LogP contribution is 2.42. The second-order valence-electron chi connectivity index (χ2n) is 11.8. The van der Waals surface area contributed by atoms with Crippen LogP contribution in [0.25, 0.3) is 0 Å². The van der Waals surface area contributed by atoms with Crippen molar-refractivity contribution >= 4 is 35.1 Å². The molecule has 4 aliphatic rings. The molecule has 8 nitrogen and oxygen atoms in total. The molecule has 232 valence electrons. The lowest BCUT2D eigenvalue weighted by Crippen LogP contribution is -2.25. The summed E-state index contributed by atoms with van der Waals surface area (Å²) >= 11 is 0. The summed E-state index contributed by atoms with van der Waals surface area (Å²) in [4.78, 5) is 68.6. The van der Waals surface area contributed by atoms with Crippen molar-refractivity contribution in [1.82, 2.24) is 0 Å². The topological polar surface area (TPSA) is 121 Å². The maximum absolute atomic E-state index is 11.7. The molecular formula is C35H44O8. The molecule has 0 aromatic carbocycles. The molecule has 0 atom stereocenters. The number of unbranched alkanes of at least 4 members (excludes halogenated alkanes) is 1. The van der Waals surface area contributed by atoms with E-state index < -0.39 is 35.1 Å². The van der Waals surface area contributed by atoms with Crippen LogP contribution in [-0.2, 0) is 38.2 Å². The molecule has 0 aromatic heterocycles. The predicted molar refractivity (Wildman–Crippen MR) is 162 cm³/mol. The second-order valence-corrected chi connectivity index (χ2v) is 11.8. The molecule has 0 amide bonds. The van der Waals surface area contributed by atoms with Crippen LogP contribution in [0.4, 0.5) is 0 Å². The molecule has 2 fully saturated rings. The van der Waals surface area contributed by atoms with Crippen molar-refractivity contribution < 1.29 is 38.2 Å². The van der Waals surface area contributed by atoms with E-state index in [1.54, 1.807) is 0 Å². The molecular weight excluding hydrogens is 548 g/mol. The summed E-state index contributed by atoms with van der Waals surface area (Å²) in [5.41, 5.74) is -0.659. The first kappa shape index (κ1) is 33.8. The van der Waals surface area contributed by atoms with Crippen molar-refractivity contribution in [1.29, 1.82) is 0 Å². The number of hydrogen-bond acceptors (Lipinski definition) is 8. The Kier molecular flexibility index (Phi) is 13.7. The fraction of sp³-hybridized carbons (Fsp3) is 0.543. The van der Waals surface area contributed by atoms with E-state index in [0.29, 0.717) is 12.8 Å². The van der Waals surface area contributed by atoms with E-state index in [0.717, 1.165) is 60.1 Å². The number of allylic oxidation sites excluding steroid dienone is 7. The number of carbonyl (C=O) groups excluding carboxylic acids is 6. The largest absolute Gasteiger partial charge is 0.462 e. The molecule has 43 heavy (non-hydrogen) atoms. The van der Waals surface area contributed by atoms with Crippen LogP contribution in [0.3, 0.4) is 0 Å². The number of rotatable bonds is 11. The van der Waals surface area contributed by atoms with Gasteiger partial charge < -0.3 is 9.47 Å². The standard InChI is InChI=1S/C18H14O8.C17H30/c19-11-3-5-15(21)13(9-11)17(23)25-7-1-2-8-26-18(24)14-10-12(20)4-6-16(14)22;1-3-5-15-8-12-17(13-9-15)16-10-6-14(4-2)7-11-16/h3-6,9-10H,1-2,7-8H2;4,14-17H,2-3,5-13H2,1H3. The van der Waals surface area contributed by atoms with E-state index in [9.17, 15) is 28.8 Å². The van der Waals surface area contributed by atoms with Crippen LogP contribution in [0.15, 0.2) is 60.3 Å². The van der Waals surface area contributed by atoms with Gasteiger partial charge in [0.15, 0.2) is 23.1 Å². The lowest BCUT2D eigenvalue weighted by atomic mass is 9.69. The molecule has 0 radical (unpaired) electrons. The Balaban J connectivity index is 0.000000257. The summed E-state index contributed by atoms with van der Waals surface area (Å²) in [5, 5.41) is 0. The molecule has 0 bridgehead atoms. The van der Waals surface area contributed by atoms with Crippen LogP contribution in [0, 0.1) is 23.7 Å². The molecule has 4 rings (SSSR count). The van der Waals surface area contributed by atoms with Gasteiger partial charge in [-0.3, -0.25) is 19.2 Å². The highest BCUT2D eigenvalue weighted by atomic mass is 16.5. The number of esters is 2. The van der Waals surface area contributed by atoms with Crippen molar-refractivity contribution in [3.63, 3.8) is 0 Å². The van der Waals surface area contributed by atoms with Crippen LogP contribution < -0.4 is 0 Å². The molecule has 4 aliphatic carbocycles. The van der Waals surface area contributed by atoms with Gasteiger partial charge in [0.05, 0.1) is 13.2 Å². The van der Waals surface area contributed by atoms with Crippen molar-refractivity contribution in [2.45, 2.75) is 84.0 Å². The van der Waals surface area contributed by atoms with E-state index in [4.69, 9.17) is 9.47 Å². The minimum absolute atomic E-state index is 0.0399. The predicted octanol–water partition coefficient (Wildman–Crippen LogP) is 5.71. The van der Waals surface area contributed by atoms with Crippen LogP contribution >= 0.6 is 0 Å². The summed E-state index contributed by atoms with van der Waals surface area (Å²) in [7, 11) is 0. The zero-order valence-electron chi connectivity index (χ0n) is 25.2. The van der Waals surface area contributed by atoms with Gasteiger partial charge in [0.2, 0.25) is 0 Å². The van der Waals surface area contributed by atoms with Gasteiger partial charge in [-0.2, -0.15) is 0 Å². The SMILES string of the molecule is C=CC1CCC(C2CCC(CCC)CC2)CC1.O=C1C=CC(=O)C(C(=O)OCCCCOC(=O)C2=CC(=O)C=CC2=O)=C1. The monoisotopic (exact) mass is 592 g/mol. The van der Waals surface area contributed by atoms with E-state index >= 15 is 0 Å². The molecule has 0 aliphatic heterocycles. The summed E-state index contributed by atoms with van der Waals surface area (Å²) in [6.07, 6.45) is 23.6. The Hall–Kier alpha value is -3.68. The second kappa shape index (κ2) is 17.4. The lowest BCUT2D eigenvalue weighted by molar-refractivity contribution is -0.143. The molecule has 0 aromatic rings. The number of carbonyl (C=O) groups is 6. The zero-order valence-corrected chi connectivity index (χ0v) is 25.2. The number of ketones is 4. The van der Waals surface area contributed by atoms with E-state index in [2.05, 4.69) is 19.6 Å². The summed E-state index contributed by atoms with van der Waals surface area (Å²) in [6, 6.07) is 0. The fourth-order valence-electron chi connectivity index (χ4n) is 6.24. The van der Waals surface area contributed by atoms with E-state index in [1.807, 2.05) is 0 Å². The molecule has 0 heterocycles. The normalized spacial score (nSPS) is 25.2.